The van der Waals surface area contributed by atoms with Gasteiger partial charge in [0.25, 0.3) is 0 Å². The van der Waals surface area contributed by atoms with Crippen molar-refractivity contribution in [3.63, 3.8) is 0 Å². The largest absolute Gasteiger partial charge is 0.462 e. The van der Waals surface area contributed by atoms with Crippen LogP contribution in [-0.4, -0.2) is 44.1 Å². The highest BCUT2D eigenvalue weighted by atomic mass is 17.0. The first-order valence-electron chi connectivity index (χ1n) is 6.81. The van der Waals surface area contributed by atoms with Crippen molar-refractivity contribution in [3.8, 4) is 0 Å². The summed E-state index contributed by atoms with van der Waals surface area (Å²) in [6, 6.07) is 3.33. The Labute approximate surface area is 121 Å². The molecule has 2 heterocycles. The van der Waals surface area contributed by atoms with Gasteiger partial charge in [0.05, 0.1) is 36.8 Å². The average molecular weight is 295 g/mol. The molecule has 21 heavy (non-hydrogen) atoms. The van der Waals surface area contributed by atoms with E-state index in [9.17, 15) is 10.0 Å². The molecule has 1 aromatic rings. The number of hydrogen-bond acceptors (Lipinski definition) is 8. The number of esters is 1. The second kappa shape index (κ2) is 5.76. The van der Waals surface area contributed by atoms with Gasteiger partial charge in [-0.25, -0.2) is 10.3 Å². The molecule has 0 aliphatic carbocycles. The molecule has 0 unspecified atom stereocenters. The lowest BCUT2D eigenvalue weighted by molar-refractivity contribution is 0.000681. The van der Waals surface area contributed by atoms with Crippen molar-refractivity contribution >= 4 is 23.0 Å². The van der Waals surface area contributed by atoms with Gasteiger partial charge in [0.15, 0.2) is 0 Å². The van der Waals surface area contributed by atoms with Gasteiger partial charge in [0, 0.05) is 13.1 Å². The van der Waals surface area contributed by atoms with E-state index >= 15 is 0 Å². The first-order valence-corrected chi connectivity index (χ1v) is 6.81. The van der Waals surface area contributed by atoms with E-state index in [2.05, 4.69) is 5.48 Å². The maximum Gasteiger partial charge on any atom is 0.340 e. The fraction of sp³-hybridized carbons (Fsp3) is 0.462. The molecule has 0 spiro atoms. The van der Waals surface area contributed by atoms with E-state index in [1.165, 1.54) is 0 Å². The lowest BCUT2D eigenvalue weighted by atomic mass is 10.1. The monoisotopic (exact) mass is 295 g/mol. The number of nitrogens with zero attached hydrogens (tertiary/aromatic N) is 2. The molecule has 2 aliphatic rings. The summed E-state index contributed by atoms with van der Waals surface area (Å²) in [6.45, 7) is 4.41. The Morgan fingerprint density at radius 1 is 1.38 bits per heavy atom. The van der Waals surface area contributed by atoms with Gasteiger partial charge in [-0.05, 0) is 19.1 Å². The topological polar surface area (TPSA) is 83.5 Å². The zero-order chi connectivity index (χ0) is 14.8. The van der Waals surface area contributed by atoms with E-state index in [0.717, 1.165) is 0 Å². The minimum atomic E-state index is -0.429. The molecule has 0 atom stereocenters. The third-order valence-electron chi connectivity index (χ3n) is 3.41. The number of carbonyl (C=O) groups is 1. The molecule has 3 rings (SSSR count). The first-order chi connectivity index (χ1) is 10.2. The molecule has 8 nitrogen and oxygen atoms in total. The third kappa shape index (κ3) is 2.48. The summed E-state index contributed by atoms with van der Waals surface area (Å²) in [5, 5.41) is 10.5. The zero-order valence-electron chi connectivity index (χ0n) is 11.7. The van der Waals surface area contributed by atoms with Crippen LogP contribution in [-0.2, 0) is 14.4 Å². The highest BCUT2D eigenvalue weighted by Crippen LogP contribution is 2.43. The van der Waals surface area contributed by atoms with Gasteiger partial charge in [-0.3, -0.25) is 5.21 Å². The van der Waals surface area contributed by atoms with Crippen LogP contribution in [0.5, 0.6) is 0 Å². The Bertz CT molecular complexity index is 545. The van der Waals surface area contributed by atoms with E-state index in [4.69, 9.17) is 14.4 Å². The second-order valence-corrected chi connectivity index (χ2v) is 4.64. The van der Waals surface area contributed by atoms with Crippen molar-refractivity contribution in [2.75, 3.05) is 48.5 Å². The molecule has 1 saturated heterocycles. The average Bonchev–Trinajstić information content (AvgIpc) is 2.89. The Morgan fingerprint density at radius 3 is 2.86 bits per heavy atom. The summed E-state index contributed by atoms with van der Waals surface area (Å²) in [7, 11) is 0. The van der Waals surface area contributed by atoms with Crippen LogP contribution < -0.4 is 15.6 Å². The maximum absolute atomic E-state index is 12.2. The zero-order valence-corrected chi connectivity index (χ0v) is 11.7. The number of rotatable bonds is 3. The van der Waals surface area contributed by atoms with Crippen LogP contribution >= 0.6 is 0 Å². The SMILES string of the molecule is CCOC(=O)c1ccc2c(c1N1CCOCC1)N(O)ON2. The number of nitrogens with one attached hydrogen (secondary N) is 1. The number of benzene rings is 1. The number of fused-ring (bicyclic) bond motifs is 1. The van der Waals surface area contributed by atoms with Gasteiger partial charge in [0.2, 0.25) is 0 Å². The van der Waals surface area contributed by atoms with Crippen LogP contribution in [0.15, 0.2) is 12.1 Å². The fourth-order valence-corrected chi connectivity index (χ4v) is 2.47. The number of ether oxygens (including phenoxy) is 2. The molecule has 1 aromatic carbocycles. The van der Waals surface area contributed by atoms with Crippen LogP contribution in [0, 0.1) is 0 Å². The predicted molar refractivity (Wildman–Crippen MR) is 74.4 cm³/mol. The second-order valence-electron chi connectivity index (χ2n) is 4.64. The van der Waals surface area contributed by atoms with Crippen LogP contribution in [0.3, 0.4) is 0 Å². The van der Waals surface area contributed by atoms with Gasteiger partial charge < -0.3 is 14.4 Å². The third-order valence-corrected chi connectivity index (χ3v) is 3.41. The summed E-state index contributed by atoms with van der Waals surface area (Å²) in [5.41, 5.74) is 4.57. The summed E-state index contributed by atoms with van der Waals surface area (Å²) >= 11 is 0. The lowest BCUT2D eigenvalue weighted by Crippen LogP contribution is -2.38. The van der Waals surface area contributed by atoms with E-state index < -0.39 is 5.97 Å². The van der Waals surface area contributed by atoms with Gasteiger partial charge in [-0.15, -0.1) is 4.94 Å². The van der Waals surface area contributed by atoms with Crippen LogP contribution in [0.2, 0.25) is 0 Å². The van der Waals surface area contributed by atoms with Crippen molar-refractivity contribution in [1.82, 2.24) is 0 Å². The smallest absolute Gasteiger partial charge is 0.340 e. The van der Waals surface area contributed by atoms with Crippen molar-refractivity contribution in [3.05, 3.63) is 17.7 Å². The molecule has 0 saturated carbocycles. The normalized spacial score (nSPS) is 17.4. The van der Waals surface area contributed by atoms with Crippen LogP contribution in [0.4, 0.5) is 17.1 Å². The molecule has 0 aromatic heterocycles. The minimum Gasteiger partial charge on any atom is -0.462 e. The van der Waals surface area contributed by atoms with Crippen molar-refractivity contribution < 1.29 is 24.4 Å². The predicted octanol–water partition coefficient (Wildman–Crippen LogP) is 1.17. The highest BCUT2D eigenvalue weighted by Gasteiger charge is 2.31. The molecule has 0 amide bonds. The first kappa shape index (κ1) is 13.9. The number of carbonyl (C=O) groups excluding carboxylic acids is 1. The minimum absolute atomic E-state index is 0.288. The molecule has 0 bridgehead atoms. The highest BCUT2D eigenvalue weighted by molar-refractivity contribution is 6.02. The van der Waals surface area contributed by atoms with E-state index in [1.54, 1.807) is 19.1 Å². The molecule has 8 heteroatoms. The Kier molecular flexibility index (Phi) is 3.82. The standard InChI is InChI=1S/C13H17N3O5/c1-2-20-13(17)9-3-4-10-12(16(18)21-14-10)11(9)15-5-7-19-8-6-15/h3-4,14,18H,2,5-8H2,1H3. The molecular weight excluding hydrogens is 278 g/mol. The van der Waals surface area contributed by atoms with Gasteiger partial charge >= 0.3 is 5.97 Å². The van der Waals surface area contributed by atoms with Crippen LogP contribution in [0.25, 0.3) is 0 Å². The number of anilines is 3. The Hall–Kier alpha value is -2.03. The van der Waals surface area contributed by atoms with E-state index in [1.807, 2.05) is 4.90 Å². The Morgan fingerprint density at radius 2 is 2.14 bits per heavy atom. The summed E-state index contributed by atoms with van der Waals surface area (Å²) in [6.07, 6.45) is 0. The van der Waals surface area contributed by atoms with Crippen molar-refractivity contribution in [1.29, 1.82) is 0 Å². The van der Waals surface area contributed by atoms with Gasteiger partial charge in [-0.2, -0.15) is 0 Å². The lowest BCUT2D eigenvalue weighted by Gasteiger charge is -2.31. The van der Waals surface area contributed by atoms with Crippen molar-refractivity contribution in [2.24, 2.45) is 0 Å². The van der Waals surface area contributed by atoms with Gasteiger partial charge in [-0.1, -0.05) is 5.23 Å². The fourth-order valence-electron chi connectivity index (χ4n) is 2.47. The maximum atomic E-state index is 12.2. The molecule has 114 valence electrons. The molecule has 2 aliphatic heterocycles. The molecule has 1 fully saturated rings. The Balaban J connectivity index is 2.07. The molecule has 2 N–H and O–H groups in total. The summed E-state index contributed by atoms with van der Waals surface area (Å²) in [4.78, 5) is 19.0. The van der Waals surface area contributed by atoms with Gasteiger partial charge in [0.1, 0.15) is 5.69 Å². The quantitative estimate of drug-likeness (QED) is 0.804. The van der Waals surface area contributed by atoms with E-state index in [0.29, 0.717) is 54.2 Å². The summed E-state index contributed by atoms with van der Waals surface area (Å²) < 4.78 is 10.4. The van der Waals surface area contributed by atoms with Crippen LogP contribution in [0.1, 0.15) is 17.3 Å². The molecular formula is C13H17N3O5. The summed E-state index contributed by atoms with van der Waals surface area (Å²) in [5.74, 6) is -0.429. The van der Waals surface area contributed by atoms with Crippen molar-refractivity contribution in [2.45, 2.75) is 6.92 Å². The number of morpholine rings is 1. The molecule has 0 radical (unpaired) electrons. The number of hydrogen-bond donors (Lipinski definition) is 2. The van der Waals surface area contributed by atoms with E-state index in [-0.39, 0.29) is 6.61 Å².